The summed E-state index contributed by atoms with van der Waals surface area (Å²) in [6, 6.07) is 1.88. The summed E-state index contributed by atoms with van der Waals surface area (Å²) in [4.78, 5) is 8.85. The lowest BCUT2D eigenvalue weighted by Crippen LogP contribution is -2.06. The van der Waals surface area contributed by atoms with Crippen LogP contribution in [0.25, 0.3) is 0 Å². The van der Waals surface area contributed by atoms with Gasteiger partial charge in [0.1, 0.15) is 11.6 Å². The van der Waals surface area contributed by atoms with E-state index in [4.69, 9.17) is 4.74 Å². The number of anilines is 1. The molecule has 0 fully saturated rings. The van der Waals surface area contributed by atoms with Gasteiger partial charge in [0.05, 0.1) is 11.3 Å². The highest BCUT2D eigenvalue weighted by molar-refractivity contribution is 5.48. The van der Waals surface area contributed by atoms with Crippen molar-refractivity contribution in [2.75, 3.05) is 12.4 Å². The van der Waals surface area contributed by atoms with Crippen molar-refractivity contribution in [1.29, 1.82) is 0 Å². The van der Waals surface area contributed by atoms with Gasteiger partial charge in [-0.05, 0) is 13.8 Å². The van der Waals surface area contributed by atoms with E-state index in [0.29, 0.717) is 11.8 Å². The molecule has 0 spiro atoms. The molecule has 0 aliphatic carbocycles. The summed E-state index contributed by atoms with van der Waals surface area (Å²) >= 11 is 0. The van der Waals surface area contributed by atoms with Crippen LogP contribution in [0.4, 0.5) is 5.82 Å². The van der Waals surface area contributed by atoms with E-state index in [-0.39, 0.29) is 0 Å². The van der Waals surface area contributed by atoms with E-state index in [2.05, 4.69) is 20.4 Å². The summed E-state index contributed by atoms with van der Waals surface area (Å²) in [7, 11) is 3.69. The molecule has 0 bridgehead atoms. The van der Waals surface area contributed by atoms with Gasteiger partial charge in [0.25, 0.3) is 0 Å². The monoisotopic (exact) mass is 261 g/mol. The highest BCUT2D eigenvalue weighted by atomic mass is 16.5. The zero-order valence-corrected chi connectivity index (χ0v) is 12.0. The molecule has 2 aromatic heterocycles. The third-order valence-corrected chi connectivity index (χ3v) is 2.86. The Labute approximate surface area is 112 Å². The molecular weight excluding hydrogens is 242 g/mol. The van der Waals surface area contributed by atoms with Crippen molar-refractivity contribution < 1.29 is 4.74 Å². The summed E-state index contributed by atoms with van der Waals surface area (Å²) in [6.45, 7) is 5.88. The Morgan fingerprint density at radius 2 is 2.05 bits per heavy atom. The zero-order chi connectivity index (χ0) is 14.0. The highest BCUT2D eigenvalue weighted by Gasteiger charge is 2.13. The Balaban J connectivity index is 2.41. The number of rotatable bonds is 4. The van der Waals surface area contributed by atoms with Gasteiger partial charge >= 0.3 is 0 Å². The Hall–Kier alpha value is -2.11. The Bertz CT molecular complexity index is 591. The van der Waals surface area contributed by atoms with Crippen molar-refractivity contribution in [3.8, 4) is 11.8 Å². The highest BCUT2D eigenvalue weighted by Crippen LogP contribution is 2.27. The van der Waals surface area contributed by atoms with Gasteiger partial charge in [-0.1, -0.05) is 6.92 Å². The second-order valence-corrected chi connectivity index (χ2v) is 4.37. The second-order valence-electron chi connectivity index (χ2n) is 4.37. The lowest BCUT2D eigenvalue weighted by Gasteiger charge is -2.12. The predicted molar refractivity (Wildman–Crippen MR) is 73.7 cm³/mol. The van der Waals surface area contributed by atoms with Crippen molar-refractivity contribution in [1.82, 2.24) is 19.7 Å². The third kappa shape index (κ3) is 2.67. The summed E-state index contributed by atoms with van der Waals surface area (Å²) in [6.07, 6.45) is 0.760. The van der Waals surface area contributed by atoms with Crippen LogP contribution in [0.2, 0.25) is 0 Å². The van der Waals surface area contributed by atoms with E-state index in [1.165, 1.54) is 0 Å². The maximum Gasteiger partial charge on any atom is 0.229 e. The van der Waals surface area contributed by atoms with Gasteiger partial charge in [0.2, 0.25) is 11.8 Å². The topological polar surface area (TPSA) is 64.9 Å². The van der Waals surface area contributed by atoms with Crippen molar-refractivity contribution in [3.63, 3.8) is 0 Å². The molecule has 0 saturated heterocycles. The fourth-order valence-corrected chi connectivity index (χ4v) is 1.82. The first kappa shape index (κ1) is 13.3. The van der Waals surface area contributed by atoms with E-state index in [0.717, 1.165) is 29.3 Å². The van der Waals surface area contributed by atoms with Crippen LogP contribution in [0, 0.1) is 13.8 Å². The van der Waals surface area contributed by atoms with Gasteiger partial charge in [0, 0.05) is 26.6 Å². The molecule has 19 heavy (non-hydrogen) atoms. The molecule has 6 heteroatoms. The number of aryl methyl sites for hydroxylation is 3. The number of hydrogen-bond acceptors (Lipinski definition) is 5. The van der Waals surface area contributed by atoms with Crippen LogP contribution in [0.3, 0.4) is 0 Å². The average molecular weight is 261 g/mol. The van der Waals surface area contributed by atoms with Gasteiger partial charge in [-0.25, -0.2) is 9.67 Å². The minimum Gasteiger partial charge on any atom is -0.420 e. The molecule has 0 unspecified atom stereocenters. The largest absolute Gasteiger partial charge is 0.420 e. The van der Waals surface area contributed by atoms with E-state index in [9.17, 15) is 0 Å². The number of aromatic nitrogens is 4. The molecular formula is C13H19N5O. The normalized spacial score (nSPS) is 10.6. The number of ether oxygens (including phenoxy) is 1. The van der Waals surface area contributed by atoms with Gasteiger partial charge in [0.15, 0.2) is 0 Å². The van der Waals surface area contributed by atoms with Crippen LogP contribution in [0.5, 0.6) is 11.8 Å². The number of nitrogens with zero attached hydrogens (tertiary/aromatic N) is 4. The first-order valence-corrected chi connectivity index (χ1v) is 6.29. The predicted octanol–water partition coefficient (Wildman–Crippen LogP) is 2.22. The van der Waals surface area contributed by atoms with Gasteiger partial charge in [-0.15, -0.1) is 0 Å². The van der Waals surface area contributed by atoms with Crippen LogP contribution in [-0.2, 0) is 13.5 Å². The molecule has 0 aliphatic rings. The lowest BCUT2D eigenvalue weighted by molar-refractivity contribution is 0.410. The number of hydrogen-bond donors (Lipinski definition) is 1. The zero-order valence-electron chi connectivity index (χ0n) is 12.0. The molecule has 102 valence electrons. The van der Waals surface area contributed by atoms with Crippen LogP contribution >= 0.6 is 0 Å². The molecule has 0 aromatic carbocycles. The first-order valence-electron chi connectivity index (χ1n) is 6.29. The van der Waals surface area contributed by atoms with E-state index in [1.807, 2.05) is 40.9 Å². The molecule has 2 rings (SSSR count). The van der Waals surface area contributed by atoms with Crippen molar-refractivity contribution >= 4 is 5.82 Å². The first-order chi connectivity index (χ1) is 9.05. The van der Waals surface area contributed by atoms with Crippen molar-refractivity contribution in [3.05, 3.63) is 23.1 Å². The quantitative estimate of drug-likeness (QED) is 0.914. The van der Waals surface area contributed by atoms with Crippen LogP contribution in [-0.4, -0.2) is 26.8 Å². The van der Waals surface area contributed by atoms with Crippen LogP contribution in [0.1, 0.15) is 24.0 Å². The van der Waals surface area contributed by atoms with Crippen molar-refractivity contribution in [2.45, 2.75) is 27.2 Å². The molecule has 2 aromatic rings. The fourth-order valence-electron chi connectivity index (χ4n) is 1.82. The smallest absolute Gasteiger partial charge is 0.229 e. The Morgan fingerprint density at radius 1 is 1.32 bits per heavy atom. The van der Waals surface area contributed by atoms with Gasteiger partial charge in [-0.2, -0.15) is 10.1 Å². The summed E-state index contributed by atoms with van der Waals surface area (Å²) in [5.74, 6) is 2.78. The Morgan fingerprint density at radius 3 is 2.58 bits per heavy atom. The van der Waals surface area contributed by atoms with Gasteiger partial charge in [-0.3, -0.25) is 0 Å². The molecule has 6 nitrogen and oxygen atoms in total. The molecule has 1 N–H and O–H groups in total. The number of nitrogens with one attached hydrogen (secondary N) is 1. The average Bonchev–Trinajstić information content (AvgIpc) is 2.70. The maximum atomic E-state index is 5.86. The van der Waals surface area contributed by atoms with E-state index < -0.39 is 0 Å². The summed E-state index contributed by atoms with van der Waals surface area (Å²) < 4.78 is 7.55. The summed E-state index contributed by atoms with van der Waals surface area (Å²) in [5, 5.41) is 7.32. The third-order valence-electron chi connectivity index (χ3n) is 2.86. The summed E-state index contributed by atoms with van der Waals surface area (Å²) in [5.41, 5.74) is 1.80. The molecule has 0 saturated carbocycles. The van der Waals surface area contributed by atoms with E-state index in [1.54, 1.807) is 4.68 Å². The lowest BCUT2D eigenvalue weighted by atomic mass is 10.3. The standard InChI is InChI=1S/C13H19N5O/c1-6-10-15-12(14-4)9(3)13(16-10)19-11-7-8(2)17-18(11)5/h7H,6H2,1-5H3,(H,14,15,16). The Kier molecular flexibility index (Phi) is 3.69. The van der Waals surface area contributed by atoms with E-state index >= 15 is 0 Å². The van der Waals surface area contributed by atoms with Crippen LogP contribution < -0.4 is 10.1 Å². The molecule has 2 heterocycles. The SMILES string of the molecule is CCc1nc(NC)c(C)c(Oc2cc(C)nn2C)n1. The fraction of sp³-hybridized carbons (Fsp3) is 0.462. The van der Waals surface area contributed by atoms with Gasteiger partial charge < -0.3 is 10.1 Å². The second kappa shape index (κ2) is 5.26. The minimum atomic E-state index is 0.569. The molecule has 0 atom stereocenters. The minimum absolute atomic E-state index is 0.569. The van der Waals surface area contributed by atoms with Crippen molar-refractivity contribution in [2.24, 2.45) is 7.05 Å². The molecule has 0 amide bonds. The molecule has 0 radical (unpaired) electrons. The van der Waals surface area contributed by atoms with Crippen LogP contribution in [0.15, 0.2) is 6.07 Å². The maximum absolute atomic E-state index is 5.86. The molecule has 0 aliphatic heterocycles.